The normalized spacial score (nSPS) is 16.0. The molecule has 2 rings (SSSR count). The molecule has 0 saturated carbocycles. The van der Waals surface area contributed by atoms with Crippen LogP contribution in [0.25, 0.3) is 0 Å². The zero-order valence-corrected chi connectivity index (χ0v) is 12.4. The van der Waals surface area contributed by atoms with Gasteiger partial charge in [0, 0.05) is 33.2 Å². The predicted molar refractivity (Wildman–Crippen MR) is 76.0 cm³/mol. The zero-order chi connectivity index (χ0) is 15.4. The summed E-state index contributed by atoms with van der Waals surface area (Å²) in [5, 5.41) is 8.75. The van der Waals surface area contributed by atoms with Crippen molar-refractivity contribution in [1.29, 1.82) is 0 Å². The first kappa shape index (κ1) is 15.4. The van der Waals surface area contributed by atoms with Crippen molar-refractivity contribution in [1.82, 2.24) is 14.7 Å². The highest BCUT2D eigenvalue weighted by molar-refractivity contribution is 5.74. The van der Waals surface area contributed by atoms with Crippen LogP contribution in [0.5, 0.6) is 0 Å². The van der Waals surface area contributed by atoms with E-state index in [1.807, 2.05) is 24.0 Å². The molecule has 7 heteroatoms. The highest BCUT2D eigenvalue weighted by atomic mass is 16.4. The van der Waals surface area contributed by atoms with Crippen molar-refractivity contribution in [2.45, 2.75) is 13.5 Å². The Morgan fingerprint density at radius 2 is 1.95 bits per heavy atom. The number of hydrogen-bond donors (Lipinski definition) is 1. The number of nitrogens with zero attached hydrogens (tertiary/aromatic N) is 3. The van der Waals surface area contributed by atoms with Crippen LogP contribution in [-0.4, -0.2) is 71.6 Å². The molecule has 7 nitrogen and oxygen atoms in total. The highest BCUT2D eigenvalue weighted by Crippen LogP contribution is 2.11. The van der Waals surface area contributed by atoms with Crippen molar-refractivity contribution in [2.24, 2.45) is 0 Å². The van der Waals surface area contributed by atoms with Gasteiger partial charge in [-0.05, 0) is 19.1 Å². The molecule has 0 spiro atoms. The first-order chi connectivity index (χ1) is 9.95. The smallest absolute Gasteiger partial charge is 0.320 e. The lowest BCUT2D eigenvalue weighted by Crippen LogP contribution is -2.52. The van der Waals surface area contributed by atoms with Gasteiger partial charge in [-0.1, -0.05) is 0 Å². The second-order valence-electron chi connectivity index (χ2n) is 5.31. The molecule has 0 unspecified atom stereocenters. The fourth-order valence-electron chi connectivity index (χ4n) is 2.40. The molecule has 1 saturated heterocycles. The molecule has 0 aliphatic carbocycles. The largest absolute Gasteiger partial charge is 0.480 e. The molecule has 2 amide bonds. The highest BCUT2D eigenvalue weighted by Gasteiger charge is 2.24. The number of carbonyl (C=O) groups excluding carboxylic acids is 1. The number of aryl methyl sites for hydroxylation is 1. The van der Waals surface area contributed by atoms with Gasteiger partial charge in [-0.3, -0.25) is 9.69 Å². The fourth-order valence-corrected chi connectivity index (χ4v) is 2.40. The number of carbonyl (C=O) groups is 2. The molecule has 1 N–H and O–H groups in total. The van der Waals surface area contributed by atoms with Gasteiger partial charge >= 0.3 is 12.0 Å². The molecule has 2 heterocycles. The summed E-state index contributed by atoms with van der Waals surface area (Å²) >= 11 is 0. The van der Waals surface area contributed by atoms with Gasteiger partial charge in [-0.15, -0.1) is 0 Å². The summed E-state index contributed by atoms with van der Waals surface area (Å²) in [5.41, 5.74) is 0. The minimum absolute atomic E-state index is 0.0313. The van der Waals surface area contributed by atoms with Crippen molar-refractivity contribution in [3.8, 4) is 0 Å². The molecular weight excluding hydrogens is 274 g/mol. The summed E-state index contributed by atoms with van der Waals surface area (Å²) in [5.74, 6) is 0.751. The van der Waals surface area contributed by atoms with E-state index in [9.17, 15) is 9.59 Å². The number of hydrogen-bond acceptors (Lipinski definition) is 4. The maximum absolute atomic E-state index is 12.3. The third-order valence-electron chi connectivity index (χ3n) is 3.52. The van der Waals surface area contributed by atoms with E-state index in [-0.39, 0.29) is 12.6 Å². The SMILES string of the molecule is Cc1ccc(CN(C)C(=O)N2CCN(CC(=O)O)CC2)o1. The molecule has 1 aliphatic rings. The standard InChI is InChI=1S/C14H21N3O4/c1-11-3-4-12(21-11)9-15(2)14(20)17-7-5-16(6-8-17)10-13(18)19/h3-4H,5-10H2,1-2H3,(H,18,19). The number of urea groups is 1. The Balaban J connectivity index is 1.82. The number of piperazine rings is 1. The molecular formula is C14H21N3O4. The number of rotatable bonds is 4. The number of amides is 2. The number of carboxylic acid groups (broad SMARTS) is 1. The van der Waals surface area contributed by atoms with Crippen molar-refractivity contribution in [2.75, 3.05) is 39.8 Å². The average molecular weight is 295 g/mol. The Kier molecular flexibility index (Phi) is 4.85. The van der Waals surface area contributed by atoms with Crippen molar-refractivity contribution in [3.05, 3.63) is 23.7 Å². The van der Waals surface area contributed by atoms with E-state index in [4.69, 9.17) is 9.52 Å². The van der Waals surface area contributed by atoms with E-state index in [0.717, 1.165) is 11.5 Å². The monoisotopic (exact) mass is 295 g/mol. The first-order valence-electron chi connectivity index (χ1n) is 6.95. The van der Waals surface area contributed by atoms with Crippen molar-refractivity contribution >= 4 is 12.0 Å². The van der Waals surface area contributed by atoms with Crippen LogP contribution >= 0.6 is 0 Å². The second-order valence-corrected chi connectivity index (χ2v) is 5.31. The van der Waals surface area contributed by atoms with Crippen LogP contribution in [0.2, 0.25) is 0 Å². The van der Waals surface area contributed by atoms with Crippen LogP contribution in [0.15, 0.2) is 16.5 Å². The van der Waals surface area contributed by atoms with Gasteiger partial charge in [0.05, 0.1) is 13.1 Å². The molecule has 1 fully saturated rings. The zero-order valence-electron chi connectivity index (χ0n) is 12.4. The topological polar surface area (TPSA) is 77.2 Å². The Morgan fingerprint density at radius 3 is 2.48 bits per heavy atom. The van der Waals surface area contributed by atoms with Crippen LogP contribution in [0, 0.1) is 6.92 Å². The van der Waals surface area contributed by atoms with Crippen LogP contribution < -0.4 is 0 Å². The van der Waals surface area contributed by atoms with Gasteiger partial charge in [0.2, 0.25) is 0 Å². The Morgan fingerprint density at radius 1 is 1.29 bits per heavy atom. The Hall–Kier alpha value is -2.02. The molecule has 116 valence electrons. The van der Waals surface area contributed by atoms with Gasteiger partial charge in [0.1, 0.15) is 11.5 Å². The fraction of sp³-hybridized carbons (Fsp3) is 0.571. The lowest BCUT2D eigenvalue weighted by molar-refractivity contribution is -0.138. The van der Waals surface area contributed by atoms with Gasteiger partial charge in [-0.25, -0.2) is 4.79 Å². The molecule has 1 aromatic heterocycles. The summed E-state index contributed by atoms with van der Waals surface area (Å²) in [7, 11) is 1.74. The molecule has 0 atom stereocenters. The van der Waals surface area contributed by atoms with E-state index >= 15 is 0 Å². The van der Waals surface area contributed by atoms with Gasteiger partial charge < -0.3 is 19.3 Å². The minimum Gasteiger partial charge on any atom is -0.480 e. The van der Waals surface area contributed by atoms with Crippen LogP contribution in [0.1, 0.15) is 11.5 Å². The maximum atomic E-state index is 12.3. The van der Waals surface area contributed by atoms with Crippen LogP contribution in [-0.2, 0) is 11.3 Å². The first-order valence-corrected chi connectivity index (χ1v) is 6.95. The van der Waals surface area contributed by atoms with Crippen LogP contribution in [0.3, 0.4) is 0 Å². The molecule has 0 aromatic carbocycles. The third kappa shape index (κ3) is 4.22. The van der Waals surface area contributed by atoms with E-state index in [1.165, 1.54) is 0 Å². The number of aliphatic carboxylic acids is 1. The minimum atomic E-state index is -0.833. The molecule has 0 bridgehead atoms. The summed E-state index contributed by atoms with van der Waals surface area (Å²) in [6.07, 6.45) is 0. The Bertz CT molecular complexity index is 506. The lowest BCUT2D eigenvalue weighted by Gasteiger charge is -2.35. The Labute approximate surface area is 123 Å². The summed E-state index contributed by atoms with van der Waals surface area (Å²) in [4.78, 5) is 28.2. The predicted octanol–water partition coefficient (Wildman–Crippen LogP) is 0.842. The molecule has 1 aliphatic heterocycles. The van der Waals surface area contributed by atoms with E-state index in [1.54, 1.807) is 16.8 Å². The van der Waals surface area contributed by atoms with E-state index in [2.05, 4.69) is 0 Å². The maximum Gasteiger partial charge on any atom is 0.320 e. The quantitative estimate of drug-likeness (QED) is 0.890. The summed E-state index contributed by atoms with van der Waals surface area (Å²) in [6, 6.07) is 3.68. The summed E-state index contributed by atoms with van der Waals surface area (Å²) in [6.45, 7) is 4.61. The lowest BCUT2D eigenvalue weighted by atomic mass is 10.3. The van der Waals surface area contributed by atoms with E-state index in [0.29, 0.717) is 32.7 Å². The van der Waals surface area contributed by atoms with Crippen molar-refractivity contribution < 1.29 is 19.1 Å². The second kappa shape index (κ2) is 6.62. The third-order valence-corrected chi connectivity index (χ3v) is 3.52. The number of carboxylic acids is 1. The van der Waals surface area contributed by atoms with Gasteiger partial charge in [-0.2, -0.15) is 0 Å². The van der Waals surface area contributed by atoms with E-state index < -0.39 is 5.97 Å². The van der Waals surface area contributed by atoms with Gasteiger partial charge in [0.15, 0.2) is 0 Å². The molecule has 21 heavy (non-hydrogen) atoms. The summed E-state index contributed by atoms with van der Waals surface area (Å²) < 4.78 is 5.47. The molecule has 1 aromatic rings. The molecule has 0 radical (unpaired) electrons. The van der Waals surface area contributed by atoms with Gasteiger partial charge in [0.25, 0.3) is 0 Å². The van der Waals surface area contributed by atoms with Crippen LogP contribution in [0.4, 0.5) is 4.79 Å². The average Bonchev–Trinajstić information content (AvgIpc) is 2.83. The van der Waals surface area contributed by atoms with Crippen molar-refractivity contribution in [3.63, 3.8) is 0 Å². The number of furan rings is 1.